The Bertz CT molecular complexity index is 1570. The molecule has 37 heavy (non-hydrogen) atoms. The molecule has 4 aromatic rings. The van der Waals surface area contributed by atoms with E-state index in [9.17, 15) is 14.9 Å². The van der Waals surface area contributed by atoms with Crippen LogP contribution in [0, 0.1) is 18.3 Å². The second-order valence-electron chi connectivity index (χ2n) is 9.54. The van der Waals surface area contributed by atoms with Crippen molar-refractivity contribution in [2.45, 2.75) is 39.2 Å². The van der Waals surface area contributed by atoms with Gasteiger partial charge in [0, 0.05) is 29.2 Å². The van der Waals surface area contributed by atoms with E-state index in [1.165, 1.54) is 0 Å². The molecule has 4 rings (SSSR count). The van der Waals surface area contributed by atoms with Crippen molar-refractivity contribution in [1.82, 2.24) is 9.55 Å². The zero-order valence-electron chi connectivity index (χ0n) is 21.2. The second-order valence-corrected chi connectivity index (χ2v) is 9.54. The van der Waals surface area contributed by atoms with E-state index in [1.807, 2.05) is 57.2 Å². The number of hydrogen-bond donors (Lipinski definition) is 3. The van der Waals surface area contributed by atoms with Crippen molar-refractivity contribution < 1.29 is 4.79 Å². The Morgan fingerprint density at radius 2 is 1.89 bits per heavy atom. The van der Waals surface area contributed by atoms with Gasteiger partial charge in [-0.1, -0.05) is 18.2 Å². The smallest absolute Gasteiger partial charge is 0.261 e. The number of nitrogens with one attached hydrogen (secondary N) is 2. The number of aromatic nitrogens is 2. The number of nitrogens with zero attached hydrogens (tertiary/aromatic N) is 3. The van der Waals surface area contributed by atoms with Crippen LogP contribution in [-0.4, -0.2) is 22.0 Å². The van der Waals surface area contributed by atoms with Crippen LogP contribution in [-0.2, 0) is 12.0 Å². The van der Waals surface area contributed by atoms with Crippen molar-refractivity contribution in [1.29, 1.82) is 5.26 Å². The third kappa shape index (κ3) is 5.68. The van der Waals surface area contributed by atoms with E-state index in [2.05, 4.69) is 21.7 Å². The van der Waals surface area contributed by atoms with E-state index >= 15 is 0 Å². The quantitative estimate of drug-likeness (QED) is 0.321. The van der Waals surface area contributed by atoms with Gasteiger partial charge in [-0.3, -0.25) is 14.2 Å². The Morgan fingerprint density at radius 3 is 2.65 bits per heavy atom. The average molecular weight is 495 g/mol. The Morgan fingerprint density at radius 1 is 1.11 bits per heavy atom. The Hall–Kier alpha value is -4.48. The summed E-state index contributed by atoms with van der Waals surface area (Å²) in [4.78, 5) is 30.3. The molecule has 1 heterocycles. The molecule has 0 saturated heterocycles. The molecule has 0 bridgehead atoms. The number of rotatable bonds is 8. The molecule has 1 aromatic heterocycles. The van der Waals surface area contributed by atoms with Crippen LogP contribution in [0.3, 0.4) is 0 Å². The fourth-order valence-electron chi connectivity index (χ4n) is 3.96. The Kier molecular flexibility index (Phi) is 7.37. The summed E-state index contributed by atoms with van der Waals surface area (Å²) in [6.07, 6.45) is 2.25. The van der Waals surface area contributed by atoms with Gasteiger partial charge in [-0.25, -0.2) is 4.98 Å². The molecule has 8 nitrogen and oxygen atoms in total. The highest BCUT2D eigenvalue weighted by Gasteiger charge is 2.21. The van der Waals surface area contributed by atoms with Crippen LogP contribution in [0.2, 0.25) is 0 Å². The average Bonchev–Trinajstić information content (AvgIpc) is 2.90. The van der Waals surface area contributed by atoms with Gasteiger partial charge in [-0.05, 0) is 87.3 Å². The maximum atomic E-state index is 13.0. The summed E-state index contributed by atoms with van der Waals surface area (Å²) in [5.41, 5.74) is 9.79. The lowest BCUT2D eigenvalue weighted by molar-refractivity contribution is 0.102. The number of amides is 1. The first-order chi connectivity index (χ1) is 17.7. The van der Waals surface area contributed by atoms with Gasteiger partial charge in [-0.2, -0.15) is 5.26 Å². The molecule has 0 unspecified atom stereocenters. The topological polar surface area (TPSA) is 126 Å². The van der Waals surface area contributed by atoms with Gasteiger partial charge < -0.3 is 16.4 Å². The maximum absolute atomic E-state index is 13.0. The van der Waals surface area contributed by atoms with Gasteiger partial charge in [0.25, 0.3) is 11.5 Å². The number of carbonyl (C=O) groups is 1. The molecule has 0 aliphatic carbocycles. The van der Waals surface area contributed by atoms with Gasteiger partial charge in [0.05, 0.1) is 28.7 Å². The molecule has 8 heteroatoms. The largest absolute Gasteiger partial charge is 0.355 e. The molecule has 0 saturated carbocycles. The monoisotopic (exact) mass is 494 g/mol. The number of hydrogen-bond acceptors (Lipinski definition) is 6. The Balaban J connectivity index is 1.57. The molecule has 0 aliphatic rings. The van der Waals surface area contributed by atoms with Crippen molar-refractivity contribution in [2.24, 2.45) is 5.73 Å². The molecule has 0 aliphatic heterocycles. The summed E-state index contributed by atoms with van der Waals surface area (Å²) in [5, 5.41) is 16.2. The fourth-order valence-corrected chi connectivity index (χ4v) is 3.96. The van der Waals surface area contributed by atoms with Crippen LogP contribution in [0.25, 0.3) is 10.9 Å². The van der Waals surface area contributed by atoms with E-state index in [0.29, 0.717) is 41.7 Å². The van der Waals surface area contributed by atoms with Crippen LogP contribution >= 0.6 is 0 Å². The first-order valence-electron chi connectivity index (χ1n) is 12.1. The van der Waals surface area contributed by atoms with Gasteiger partial charge in [0.2, 0.25) is 0 Å². The molecular formula is C29H30N6O2. The first-order valence-corrected chi connectivity index (χ1v) is 12.1. The van der Waals surface area contributed by atoms with E-state index in [4.69, 9.17) is 5.73 Å². The van der Waals surface area contributed by atoms with Gasteiger partial charge in [-0.15, -0.1) is 0 Å². The van der Waals surface area contributed by atoms with Crippen molar-refractivity contribution in [3.63, 3.8) is 0 Å². The second kappa shape index (κ2) is 10.6. The third-order valence-electron chi connectivity index (χ3n) is 6.33. The van der Waals surface area contributed by atoms with E-state index < -0.39 is 5.41 Å². The van der Waals surface area contributed by atoms with Crippen LogP contribution in [0.1, 0.15) is 41.8 Å². The summed E-state index contributed by atoms with van der Waals surface area (Å²) in [6.45, 7) is 6.62. The zero-order chi connectivity index (χ0) is 26.6. The van der Waals surface area contributed by atoms with Crippen molar-refractivity contribution in [3.05, 3.63) is 94.0 Å². The highest BCUT2D eigenvalue weighted by atomic mass is 16.1. The van der Waals surface area contributed by atoms with E-state index in [0.717, 1.165) is 22.5 Å². The van der Waals surface area contributed by atoms with Gasteiger partial charge in [0.1, 0.15) is 0 Å². The predicted molar refractivity (Wildman–Crippen MR) is 147 cm³/mol. The highest BCUT2D eigenvalue weighted by Crippen LogP contribution is 2.27. The normalized spacial score (nSPS) is 11.2. The lowest BCUT2D eigenvalue weighted by Gasteiger charge is -2.17. The Labute approximate surface area is 215 Å². The van der Waals surface area contributed by atoms with Crippen LogP contribution in [0.4, 0.5) is 17.1 Å². The van der Waals surface area contributed by atoms with Gasteiger partial charge in [0.15, 0.2) is 0 Å². The zero-order valence-corrected chi connectivity index (χ0v) is 21.2. The minimum atomic E-state index is -0.694. The standard InChI is InChI=1S/C29H30N6O2/c1-19-8-9-23(34-27(36)20-6-4-7-21(14-20)29(2,3)17-31)16-26(19)33-22-10-11-25-24(15-22)28(37)35(18-32-25)13-5-12-30/h4,6-11,14-16,18,33H,5,12-13,30H2,1-3H3,(H,34,36). The van der Waals surface area contributed by atoms with Gasteiger partial charge >= 0.3 is 0 Å². The molecule has 0 radical (unpaired) electrons. The van der Waals surface area contributed by atoms with Crippen LogP contribution in [0.5, 0.6) is 0 Å². The minimum Gasteiger partial charge on any atom is -0.355 e. The number of aryl methyl sites for hydroxylation is 2. The summed E-state index contributed by atoms with van der Waals surface area (Å²) >= 11 is 0. The highest BCUT2D eigenvalue weighted by molar-refractivity contribution is 6.04. The van der Waals surface area contributed by atoms with Crippen molar-refractivity contribution >= 4 is 33.9 Å². The van der Waals surface area contributed by atoms with Crippen LogP contribution < -0.4 is 21.9 Å². The summed E-state index contributed by atoms with van der Waals surface area (Å²) in [6, 6.07) is 20.4. The third-order valence-corrected chi connectivity index (χ3v) is 6.33. The summed E-state index contributed by atoms with van der Waals surface area (Å²) < 4.78 is 1.58. The number of nitrogens with two attached hydrogens (primary N) is 1. The maximum Gasteiger partial charge on any atom is 0.261 e. The predicted octanol–water partition coefficient (Wildman–Crippen LogP) is 4.85. The number of benzene rings is 3. The van der Waals surface area contributed by atoms with Crippen LogP contribution in [0.15, 0.2) is 71.8 Å². The van der Waals surface area contributed by atoms with E-state index in [1.54, 1.807) is 35.2 Å². The summed E-state index contributed by atoms with van der Waals surface area (Å²) in [7, 11) is 0. The van der Waals surface area contributed by atoms with Crippen molar-refractivity contribution in [3.8, 4) is 6.07 Å². The minimum absolute atomic E-state index is 0.110. The number of nitriles is 1. The molecule has 0 atom stereocenters. The lowest BCUT2D eigenvalue weighted by Crippen LogP contribution is -2.22. The molecule has 0 spiro atoms. The molecular weight excluding hydrogens is 464 g/mol. The molecule has 0 fully saturated rings. The first kappa shape index (κ1) is 25.6. The number of anilines is 3. The number of carbonyl (C=O) groups excluding carboxylic acids is 1. The molecule has 4 N–H and O–H groups in total. The SMILES string of the molecule is Cc1ccc(NC(=O)c2cccc(C(C)(C)C#N)c2)cc1Nc1ccc2ncn(CCCN)c(=O)c2c1. The van der Waals surface area contributed by atoms with Crippen molar-refractivity contribution in [2.75, 3.05) is 17.2 Å². The van der Waals surface area contributed by atoms with E-state index in [-0.39, 0.29) is 11.5 Å². The summed E-state index contributed by atoms with van der Waals surface area (Å²) in [5.74, 6) is -0.264. The molecule has 188 valence electrons. The fraction of sp³-hybridized carbons (Fsp3) is 0.241. The molecule has 3 aromatic carbocycles. The lowest BCUT2D eigenvalue weighted by atomic mass is 9.85. The number of fused-ring (bicyclic) bond motifs is 1. The molecule has 1 amide bonds.